The van der Waals surface area contributed by atoms with Crippen molar-refractivity contribution in [3.63, 3.8) is 0 Å². The highest BCUT2D eigenvalue weighted by Gasteiger charge is 2.46. The van der Waals surface area contributed by atoms with Crippen LogP contribution in [-0.2, 0) is 0 Å². The quantitative estimate of drug-likeness (QED) is 0.673. The third kappa shape index (κ3) is 1.43. The first kappa shape index (κ1) is 12.5. The molecule has 5 heteroatoms. The SMILES string of the molecule is CC1=CC2C(=O)c3cccc(O)c3C(=O)C2C(O)=C1O. The van der Waals surface area contributed by atoms with Gasteiger partial charge in [-0.05, 0) is 18.6 Å². The Hall–Kier alpha value is -2.56. The molecule has 0 saturated heterocycles. The number of allylic oxidation sites excluding steroid dienone is 3. The van der Waals surface area contributed by atoms with Gasteiger partial charge < -0.3 is 15.3 Å². The van der Waals surface area contributed by atoms with Crippen LogP contribution in [0.5, 0.6) is 5.75 Å². The number of carbonyl (C=O) groups is 2. The number of hydrogen-bond donors (Lipinski definition) is 3. The maximum Gasteiger partial charge on any atom is 0.179 e. The molecule has 2 aliphatic carbocycles. The molecule has 3 N–H and O–H groups in total. The highest BCUT2D eigenvalue weighted by atomic mass is 16.3. The van der Waals surface area contributed by atoms with Gasteiger partial charge in [0.1, 0.15) is 11.5 Å². The van der Waals surface area contributed by atoms with Crippen molar-refractivity contribution in [3.05, 3.63) is 52.5 Å². The predicted octanol–water partition coefficient (Wildman–Crippen LogP) is 2.29. The molecular weight excluding hydrogens is 260 g/mol. The van der Waals surface area contributed by atoms with Gasteiger partial charge in [0, 0.05) is 5.56 Å². The normalized spacial score (nSPS) is 25.1. The highest BCUT2D eigenvalue weighted by molar-refractivity contribution is 6.19. The van der Waals surface area contributed by atoms with Crippen molar-refractivity contribution in [1.29, 1.82) is 0 Å². The number of carbonyl (C=O) groups excluding carboxylic acids is 2. The summed E-state index contributed by atoms with van der Waals surface area (Å²) in [6, 6.07) is 4.28. The molecule has 0 heterocycles. The maximum absolute atomic E-state index is 12.4. The summed E-state index contributed by atoms with van der Waals surface area (Å²) < 4.78 is 0. The Bertz CT molecular complexity index is 711. The van der Waals surface area contributed by atoms with Crippen LogP contribution in [0.3, 0.4) is 0 Å². The summed E-state index contributed by atoms with van der Waals surface area (Å²) in [5, 5.41) is 29.5. The van der Waals surface area contributed by atoms with Crippen molar-refractivity contribution >= 4 is 11.6 Å². The van der Waals surface area contributed by atoms with Crippen LogP contribution in [0.1, 0.15) is 27.6 Å². The molecule has 2 aliphatic rings. The Morgan fingerprint density at radius 3 is 2.45 bits per heavy atom. The fraction of sp³-hybridized carbons (Fsp3) is 0.200. The number of rotatable bonds is 0. The maximum atomic E-state index is 12.4. The van der Waals surface area contributed by atoms with Gasteiger partial charge in [0.2, 0.25) is 0 Å². The van der Waals surface area contributed by atoms with E-state index in [-0.39, 0.29) is 28.4 Å². The van der Waals surface area contributed by atoms with Crippen LogP contribution in [0.25, 0.3) is 0 Å². The summed E-state index contributed by atoms with van der Waals surface area (Å²) in [5.74, 6) is -4.10. The number of Topliss-reactive ketones (excluding diaryl/α,β-unsaturated/α-hetero) is 2. The lowest BCUT2D eigenvalue weighted by molar-refractivity contribution is 0.0743. The smallest absolute Gasteiger partial charge is 0.179 e. The number of phenolic OH excluding ortho intramolecular Hbond substituents is 1. The van der Waals surface area contributed by atoms with E-state index in [0.29, 0.717) is 5.57 Å². The molecule has 1 aromatic carbocycles. The van der Waals surface area contributed by atoms with Crippen LogP contribution < -0.4 is 0 Å². The number of aliphatic hydroxyl groups excluding tert-OH is 2. The molecule has 0 bridgehead atoms. The zero-order valence-corrected chi connectivity index (χ0v) is 10.6. The number of fused-ring (bicyclic) bond motifs is 2. The van der Waals surface area contributed by atoms with Gasteiger partial charge in [0.25, 0.3) is 0 Å². The van der Waals surface area contributed by atoms with Crippen molar-refractivity contribution < 1.29 is 24.9 Å². The van der Waals surface area contributed by atoms with Gasteiger partial charge in [-0.2, -0.15) is 0 Å². The molecule has 3 rings (SSSR count). The number of phenols is 1. The van der Waals surface area contributed by atoms with Crippen molar-refractivity contribution in [2.24, 2.45) is 11.8 Å². The molecule has 0 amide bonds. The van der Waals surface area contributed by atoms with Gasteiger partial charge in [-0.1, -0.05) is 18.2 Å². The number of aromatic hydroxyl groups is 1. The summed E-state index contributed by atoms with van der Waals surface area (Å²) in [5.41, 5.74) is 0.411. The fourth-order valence-corrected chi connectivity index (χ4v) is 2.82. The average molecular weight is 272 g/mol. The molecule has 1 aromatic rings. The second kappa shape index (κ2) is 3.96. The fourth-order valence-electron chi connectivity index (χ4n) is 2.82. The number of aliphatic hydroxyl groups is 2. The first-order valence-electron chi connectivity index (χ1n) is 6.14. The molecule has 20 heavy (non-hydrogen) atoms. The largest absolute Gasteiger partial charge is 0.508 e. The van der Waals surface area contributed by atoms with Crippen LogP contribution in [0.15, 0.2) is 41.4 Å². The Morgan fingerprint density at radius 2 is 1.75 bits per heavy atom. The summed E-state index contributed by atoms with van der Waals surface area (Å²) in [6.07, 6.45) is 1.48. The zero-order chi connectivity index (χ0) is 14.6. The van der Waals surface area contributed by atoms with E-state index >= 15 is 0 Å². The average Bonchev–Trinajstić information content (AvgIpc) is 2.41. The van der Waals surface area contributed by atoms with Crippen molar-refractivity contribution in [1.82, 2.24) is 0 Å². The van der Waals surface area contributed by atoms with Crippen LogP contribution in [0.4, 0.5) is 0 Å². The molecule has 0 fully saturated rings. The molecular formula is C15H12O5. The van der Waals surface area contributed by atoms with Crippen LogP contribution in [-0.4, -0.2) is 26.9 Å². The highest BCUT2D eigenvalue weighted by Crippen LogP contribution is 2.42. The molecule has 2 atom stereocenters. The van der Waals surface area contributed by atoms with Gasteiger partial charge in [-0.3, -0.25) is 9.59 Å². The second-order valence-electron chi connectivity index (χ2n) is 5.02. The predicted molar refractivity (Wildman–Crippen MR) is 69.8 cm³/mol. The lowest BCUT2D eigenvalue weighted by Gasteiger charge is -2.32. The van der Waals surface area contributed by atoms with E-state index in [1.165, 1.54) is 24.3 Å². The van der Waals surface area contributed by atoms with E-state index in [9.17, 15) is 24.9 Å². The van der Waals surface area contributed by atoms with E-state index in [1.54, 1.807) is 6.92 Å². The minimum Gasteiger partial charge on any atom is -0.508 e. The Morgan fingerprint density at radius 1 is 1.05 bits per heavy atom. The van der Waals surface area contributed by atoms with Crippen LogP contribution >= 0.6 is 0 Å². The first-order chi connectivity index (χ1) is 9.43. The number of benzene rings is 1. The number of ketones is 2. The van der Waals surface area contributed by atoms with Crippen molar-refractivity contribution in [3.8, 4) is 5.75 Å². The van der Waals surface area contributed by atoms with Crippen LogP contribution in [0.2, 0.25) is 0 Å². The van der Waals surface area contributed by atoms with Crippen LogP contribution in [0, 0.1) is 11.8 Å². The molecule has 0 radical (unpaired) electrons. The standard InChI is InChI=1S/C15H12O5/c1-6-5-8-11(15(20)12(6)17)14(19)10-7(13(8)18)3-2-4-9(10)16/h2-5,8,11,16-17,20H,1H3. The first-order valence-corrected chi connectivity index (χ1v) is 6.14. The molecule has 0 saturated carbocycles. The Balaban J connectivity index is 2.27. The Kier molecular flexibility index (Phi) is 2.47. The summed E-state index contributed by atoms with van der Waals surface area (Å²) in [6.45, 7) is 1.55. The molecule has 2 unspecified atom stereocenters. The van der Waals surface area contributed by atoms with Gasteiger partial charge in [0.05, 0.1) is 17.4 Å². The third-order valence-corrected chi connectivity index (χ3v) is 3.84. The Labute approximate surface area is 114 Å². The van der Waals surface area contributed by atoms with E-state index in [4.69, 9.17) is 0 Å². The lowest BCUT2D eigenvalue weighted by Crippen LogP contribution is -2.39. The molecule has 0 aromatic heterocycles. The van der Waals surface area contributed by atoms with Gasteiger partial charge in [-0.15, -0.1) is 0 Å². The second-order valence-corrected chi connectivity index (χ2v) is 5.02. The van der Waals surface area contributed by atoms with E-state index in [2.05, 4.69) is 0 Å². The zero-order valence-electron chi connectivity index (χ0n) is 10.6. The van der Waals surface area contributed by atoms with Gasteiger partial charge in [0.15, 0.2) is 17.3 Å². The van der Waals surface area contributed by atoms with E-state index < -0.39 is 23.4 Å². The van der Waals surface area contributed by atoms with Gasteiger partial charge >= 0.3 is 0 Å². The molecule has 0 spiro atoms. The minimum atomic E-state index is -1.16. The summed E-state index contributed by atoms with van der Waals surface area (Å²) >= 11 is 0. The topological polar surface area (TPSA) is 94.8 Å². The molecule has 102 valence electrons. The van der Waals surface area contributed by atoms with Gasteiger partial charge in [-0.25, -0.2) is 0 Å². The summed E-state index contributed by atoms with van der Waals surface area (Å²) in [7, 11) is 0. The van der Waals surface area contributed by atoms with E-state index in [1.807, 2.05) is 0 Å². The molecule has 0 aliphatic heterocycles. The monoisotopic (exact) mass is 272 g/mol. The van der Waals surface area contributed by atoms with Crippen molar-refractivity contribution in [2.45, 2.75) is 6.92 Å². The molecule has 5 nitrogen and oxygen atoms in total. The van der Waals surface area contributed by atoms with Crippen molar-refractivity contribution in [2.75, 3.05) is 0 Å². The van der Waals surface area contributed by atoms with E-state index in [0.717, 1.165) is 0 Å². The third-order valence-electron chi connectivity index (χ3n) is 3.84. The minimum absolute atomic E-state index is 0.0916. The summed E-state index contributed by atoms with van der Waals surface area (Å²) in [4.78, 5) is 24.9. The number of hydrogen-bond acceptors (Lipinski definition) is 5. The lowest BCUT2D eigenvalue weighted by atomic mass is 9.70.